The minimum atomic E-state index is -0.971. The van der Waals surface area contributed by atoms with Gasteiger partial charge < -0.3 is 14.9 Å². The molecule has 4 rings (SSSR count). The summed E-state index contributed by atoms with van der Waals surface area (Å²) < 4.78 is 13.8. The van der Waals surface area contributed by atoms with Crippen LogP contribution in [-0.4, -0.2) is 58.3 Å². The smallest absolute Gasteiger partial charge is 0.253 e. The molecule has 0 unspecified atom stereocenters. The van der Waals surface area contributed by atoms with Crippen molar-refractivity contribution in [1.82, 2.24) is 14.9 Å². The number of rotatable bonds is 4. The van der Waals surface area contributed by atoms with Crippen LogP contribution in [0, 0.1) is 5.82 Å². The van der Waals surface area contributed by atoms with E-state index in [4.69, 9.17) is 4.98 Å². The molecule has 1 aromatic carbocycles. The van der Waals surface area contributed by atoms with E-state index < -0.39 is 11.6 Å². The van der Waals surface area contributed by atoms with Crippen molar-refractivity contribution < 1.29 is 19.1 Å². The number of phenols is 1. The van der Waals surface area contributed by atoms with Gasteiger partial charge in [-0.25, -0.2) is 9.37 Å². The maximum absolute atomic E-state index is 13.8. The van der Waals surface area contributed by atoms with E-state index in [9.17, 15) is 19.1 Å². The Morgan fingerprint density at radius 1 is 1.14 bits per heavy atom. The van der Waals surface area contributed by atoms with Crippen LogP contribution < -0.4 is 4.90 Å². The van der Waals surface area contributed by atoms with E-state index >= 15 is 0 Å². The molecular weight excluding hydrogens is 375 g/mol. The zero-order valence-corrected chi connectivity index (χ0v) is 16.1. The van der Waals surface area contributed by atoms with Crippen molar-refractivity contribution in [3.05, 3.63) is 47.2 Å². The SMILES string of the molecule is O=Cc1cc(C(=O)N2CCC(c3cncc(N4CCCC4)n3)CC2)cc(F)c1O. The Morgan fingerprint density at radius 2 is 1.86 bits per heavy atom. The molecule has 1 amide bonds. The number of aromatic nitrogens is 2. The molecule has 152 valence electrons. The second kappa shape index (κ2) is 8.14. The van der Waals surface area contributed by atoms with Gasteiger partial charge in [0, 0.05) is 43.9 Å². The first-order valence-corrected chi connectivity index (χ1v) is 9.90. The summed E-state index contributed by atoms with van der Waals surface area (Å²) in [6, 6.07) is 2.20. The lowest BCUT2D eigenvalue weighted by atomic mass is 9.93. The Kier molecular flexibility index (Phi) is 5.42. The molecule has 29 heavy (non-hydrogen) atoms. The van der Waals surface area contributed by atoms with Gasteiger partial charge in [0.15, 0.2) is 17.9 Å². The number of hydrogen-bond donors (Lipinski definition) is 1. The summed E-state index contributed by atoms with van der Waals surface area (Å²) in [5.41, 5.74) is 0.786. The van der Waals surface area contributed by atoms with E-state index in [0.29, 0.717) is 19.4 Å². The molecule has 8 heteroatoms. The highest BCUT2D eigenvalue weighted by atomic mass is 19.1. The number of phenolic OH excluding ortho intramolecular Hbond substituents is 1. The van der Waals surface area contributed by atoms with Crippen molar-refractivity contribution in [1.29, 1.82) is 0 Å². The maximum Gasteiger partial charge on any atom is 0.253 e. The van der Waals surface area contributed by atoms with Crippen molar-refractivity contribution >= 4 is 18.0 Å². The Labute approximate surface area is 168 Å². The first-order chi connectivity index (χ1) is 14.1. The number of carbonyl (C=O) groups excluding carboxylic acids is 2. The van der Waals surface area contributed by atoms with Gasteiger partial charge in [-0.15, -0.1) is 0 Å². The van der Waals surface area contributed by atoms with Crippen molar-refractivity contribution in [3.8, 4) is 5.75 Å². The van der Waals surface area contributed by atoms with Crippen LogP contribution in [0.25, 0.3) is 0 Å². The maximum atomic E-state index is 13.8. The molecule has 2 fully saturated rings. The lowest BCUT2D eigenvalue weighted by Gasteiger charge is -2.32. The number of aromatic hydroxyl groups is 1. The fourth-order valence-corrected chi connectivity index (χ4v) is 4.06. The molecule has 0 radical (unpaired) electrons. The van der Waals surface area contributed by atoms with E-state index in [0.717, 1.165) is 43.5 Å². The predicted molar refractivity (Wildman–Crippen MR) is 105 cm³/mol. The quantitative estimate of drug-likeness (QED) is 0.797. The van der Waals surface area contributed by atoms with Gasteiger partial charge in [0.25, 0.3) is 5.91 Å². The van der Waals surface area contributed by atoms with E-state index in [2.05, 4.69) is 9.88 Å². The van der Waals surface area contributed by atoms with Gasteiger partial charge >= 0.3 is 0 Å². The standard InChI is InChI=1S/C21H23FN4O3/c22-17-10-15(9-16(13-27)20(17)28)21(29)26-7-3-14(4-8-26)18-11-23-12-19(24-18)25-5-1-2-6-25/h9-14,28H,1-8H2. The monoisotopic (exact) mass is 398 g/mol. The Hall–Kier alpha value is -3.03. The minimum absolute atomic E-state index is 0.0664. The van der Waals surface area contributed by atoms with E-state index in [1.54, 1.807) is 17.3 Å². The lowest BCUT2D eigenvalue weighted by molar-refractivity contribution is 0.0711. The van der Waals surface area contributed by atoms with Gasteiger partial charge in [-0.1, -0.05) is 0 Å². The van der Waals surface area contributed by atoms with Crippen LogP contribution in [0.4, 0.5) is 10.2 Å². The highest BCUT2D eigenvalue weighted by Crippen LogP contribution is 2.29. The first kappa shape index (κ1) is 19.3. The van der Waals surface area contributed by atoms with Crippen LogP contribution in [0.2, 0.25) is 0 Å². The number of aldehydes is 1. The molecule has 7 nitrogen and oxygen atoms in total. The molecule has 2 aliphatic rings. The Bertz CT molecular complexity index is 922. The second-order valence-electron chi connectivity index (χ2n) is 7.58. The van der Waals surface area contributed by atoms with Gasteiger partial charge in [-0.2, -0.15) is 0 Å². The van der Waals surface area contributed by atoms with Crippen LogP contribution >= 0.6 is 0 Å². The molecule has 3 heterocycles. The van der Waals surface area contributed by atoms with Gasteiger partial charge in [0.2, 0.25) is 0 Å². The number of piperidine rings is 1. The molecule has 2 aromatic rings. The molecule has 1 aromatic heterocycles. The summed E-state index contributed by atoms with van der Waals surface area (Å²) in [4.78, 5) is 36.8. The zero-order chi connectivity index (χ0) is 20.4. The van der Waals surface area contributed by atoms with Crippen molar-refractivity contribution in [3.63, 3.8) is 0 Å². The largest absolute Gasteiger partial charge is 0.504 e. The fourth-order valence-electron chi connectivity index (χ4n) is 4.06. The first-order valence-electron chi connectivity index (χ1n) is 9.90. The molecule has 0 aliphatic carbocycles. The Morgan fingerprint density at radius 3 is 2.55 bits per heavy atom. The van der Waals surface area contributed by atoms with Crippen LogP contribution in [0.1, 0.15) is 58.0 Å². The van der Waals surface area contributed by atoms with Gasteiger partial charge in [-0.05, 0) is 37.8 Å². The van der Waals surface area contributed by atoms with Crippen LogP contribution in [0.15, 0.2) is 24.5 Å². The predicted octanol–water partition coefficient (Wildman–Crippen LogP) is 2.75. The van der Waals surface area contributed by atoms with Crippen LogP contribution in [0.5, 0.6) is 5.75 Å². The van der Waals surface area contributed by atoms with Crippen molar-refractivity contribution in [2.24, 2.45) is 0 Å². The highest BCUT2D eigenvalue weighted by molar-refractivity contribution is 5.96. The normalized spacial score (nSPS) is 17.6. The van der Waals surface area contributed by atoms with Gasteiger partial charge in [0.05, 0.1) is 17.5 Å². The summed E-state index contributed by atoms with van der Waals surface area (Å²) in [5, 5.41) is 9.53. The molecule has 2 aliphatic heterocycles. The molecule has 0 bridgehead atoms. The number of nitrogens with zero attached hydrogens (tertiary/aromatic N) is 4. The third-order valence-electron chi connectivity index (χ3n) is 5.74. The van der Waals surface area contributed by atoms with E-state index in [-0.39, 0.29) is 23.0 Å². The molecule has 0 saturated carbocycles. The minimum Gasteiger partial charge on any atom is -0.504 e. The number of benzene rings is 1. The third kappa shape index (κ3) is 3.92. The number of amides is 1. The molecule has 1 N–H and O–H groups in total. The highest BCUT2D eigenvalue weighted by Gasteiger charge is 2.27. The summed E-state index contributed by atoms with van der Waals surface area (Å²) in [5.74, 6) is -0.911. The number of hydrogen-bond acceptors (Lipinski definition) is 6. The summed E-state index contributed by atoms with van der Waals surface area (Å²) in [6.07, 6.45) is 7.78. The van der Waals surface area contributed by atoms with E-state index in [1.165, 1.54) is 18.9 Å². The van der Waals surface area contributed by atoms with E-state index in [1.807, 2.05) is 0 Å². The molecular formula is C21H23FN4O3. The molecule has 0 spiro atoms. The van der Waals surface area contributed by atoms with Crippen LogP contribution in [-0.2, 0) is 0 Å². The Balaban J connectivity index is 1.43. The summed E-state index contributed by atoms with van der Waals surface area (Å²) in [7, 11) is 0. The van der Waals surface area contributed by atoms with Gasteiger partial charge in [-0.3, -0.25) is 14.6 Å². The molecule has 0 atom stereocenters. The lowest BCUT2D eigenvalue weighted by Crippen LogP contribution is -2.38. The van der Waals surface area contributed by atoms with Crippen LogP contribution in [0.3, 0.4) is 0 Å². The average molecular weight is 398 g/mol. The molecule has 2 saturated heterocycles. The van der Waals surface area contributed by atoms with Crippen molar-refractivity contribution in [2.75, 3.05) is 31.1 Å². The number of anilines is 1. The average Bonchev–Trinajstić information content (AvgIpc) is 3.30. The zero-order valence-electron chi connectivity index (χ0n) is 16.1. The van der Waals surface area contributed by atoms with Gasteiger partial charge in [0.1, 0.15) is 5.82 Å². The second-order valence-corrected chi connectivity index (χ2v) is 7.58. The summed E-state index contributed by atoms with van der Waals surface area (Å²) in [6.45, 7) is 3.05. The van der Waals surface area contributed by atoms with Crippen molar-refractivity contribution in [2.45, 2.75) is 31.6 Å². The topological polar surface area (TPSA) is 86.6 Å². The number of carbonyl (C=O) groups is 2. The number of likely N-dealkylation sites (tertiary alicyclic amines) is 1. The fraction of sp³-hybridized carbons (Fsp3) is 0.429. The summed E-state index contributed by atoms with van der Waals surface area (Å²) >= 11 is 0. The number of halogens is 1. The third-order valence-corrected chi connectivity index (χ3v) is 5.74.